The molecule has 0 saturated carbocycles. The van der Waals surface area contributed by atoms with Gasteiger partial charge < -0.3 is 34.9 Å². The van der Waals surface area contributed by atoms with Crippen LogP contribution in [-0.2, 0) is 33.3 Å². The lowest BCUT2D eigenvalue weighted by molar-refractivity contribution is -0.123. The van der Waals surface area contributed by atoms with Crippen molar-refractivity contribution in [1.82, 2.24) is 30.7 Å². The second-order valence-electron chi connectivity index (χ2n) is 15.2. The van der Waals surface area contributed by atoms with Gasteiger partial charge in [0, 0.05) is 52.9 Å². The van der Waals surface area contributed by atoms with Crippen LogP contribution in [0.2, 0.25) is 15.1 Å². The van der Waals surface area contributed by atoms with E-state index < -0.39 is 6.04 Å². The lowest BCUT2D eigenvalue weighted by Gasteiger charge is -2.14. The first-order valence-electron chi connectivity index (χ1n) is 21.2. The molecule has 0 aliphatic carbocycles. The average Bonchev–Trinajstić information content (AvgIpc) is 3.90. The van der Waals surface area contributed by atoms with Crippen LogP contribution in [0, 0.1) is 26.7 Å². The largest absolute Gasteiger partial charge is 0.379 e. The zero-order valence-electron chi connectivity index (χ0n) is 36.4. The number of aliphatic imine (C=N–C) groups is 1. The van der Waals surface area contributed by atoms with E-state index in [0.717, 1.165) is 38.9 Å². The molecule has 4 heterocycles. The number of aryl methyl sites for hydroxylation is 2. The molecule has 0 bridgehead atoms. The van der Waals surface area contributed by atoms with Gasteiger partial charge in [0.15, 0.2) is 5.82 Å². The van der Waals surface area contributed by atoms with E-state index >= 15 is 0 Å². The van der Waals surface area contributed by atoms with Crippen molar-refractivity contribution in [2.24, 2.45) is 16.0 Å². The number of hydrogen-bond acceptors (Lipinski definition) is 13. The molecule has 20 heteroatoms. The van der Waals surface area contributed by atoms with E-state index in [1.807, 2.05) is 48.7 Å². The van der Waals surface area contributed by atoms with Gasteiger partial charge in [-0.15, -0.1) is 21.5 Å². The summed E-state index contributed by atoms with van der Waals surface area (Å²) in [4.78, 5) is 44.2. The van der Waals surface area contributed by atoms with Crippen LogP contribution in [0.15, 0.2) is 52.6 Å². The highest BCUT2D eigenvalue weighted by Crippen LogP contribution is 2.39. The number of halogens is 3. The van der Waals surface area contributed by atoms with Gasteiger partial charge in [0.05, 0.1) is 87.3 Å². The number of nitrogens with one attached hydrogen (secondary N) is 3. The highest BCUT2D eigenvalue weighted by Gasteiger charge is 2.32. The molecule has 2 aliphatic rings. The summed E-state index contributed by atoms with van der Waals surface area (Å²) in [6, 6.07) is 12.3. The van der Waals surface area contributed by atoms with Crippen LogP contribution >= 0.6 is 46.1 Å². The van der Waals surface area contributed by atoms with E-state index in [1.165, 1.54) is 4.88 Å². The second kappa shape index (κ2) is 24.2. The highest BCUT2D eigenvalue weighted by molar-refractivity contribution is 7.15. The molecule has 1 unspecified atom stereocenters. The van der Waals surface area contributed by atoms with Crippen molar-refractivity contribution in [1.29, 1.82) is 0 Å². The third-order valence-electron chi connectivity index (χ3n) is 10.4. The smallest absolute Gasteiger partial charge is 0.225 e. The van der Waals surface area contributed by atoms with E-state index in [-0.39, 0.29) is 49.5 Å². The van der Waals surface area contributed by atoms with E-state index in [4.69, 9.17) is 58.7 Å². The van der Waals surface area contributed by atoms with Crippen LogP contribution in [-0.4, -0.2) is 117 Å². The van der Waals surface area contributed by atoms with Crippen LogP contribution in [0.5, 0.6) is 0 Å². The van der Waals surface area contributed by atoms with Gasteiger partial charge in [-0.25, -0.2) is 0 Å². The minimum absolute atomic E-state index is 0.0300. The zero-order chi connectivity index (χ0) is 45.6. The van der Waals surface area contributed by atoms with Gasteiger partial charge in [-0.05, 0) is 63.1 Å². The quantitative estimate of drug-likeness (QED) is 0.0690. The Kier molecular flexibility index (Phi) is 18.5. The maximum absolute atomic E-state index is 13.2. The third-order valence-corrected chi connectivity index (χ3v) is 12.6. The van der Waals surface area contributed by atoms with Gasteiger partial charge >= 0.3 is 0 Å². The fourth-order valence-electron chi connectivity index (χ4n) is 6.91. The summed E-state index contributed by atoms with van der Waals surface area (Å²) in [7, 11) is 0. The molecule has 344 valence electrons. The van der Waals surface area contributed by atoms with E-state index in [1.54, 1.807) is 28.5 Å². The molecule has 3 N–H and O–H groups in total. The average molecular weight is 959 g/mol. The van der Waals surface area contributed by atoms with E-state index in [2.05, 4.69) is 45.1 Å². The number of aromatic nitrogens is 3. The van der Waals surface area contributed by atoms with Crippen molar-refractivity contribution in [2.75, 3.05) is 77.5 Å². The van der Waals surface area contributed by atoms with Gasteiger partial charge in [0.25, 0.3) is 0 Å². The number of fused-ring (bicyclic) bond motifs is 3. The van der Waals surface area contributed by atoms with Crippen molar-refractivity contribution in [3.05, 3.63) is 90.7 Å². The number of amides is 3. The summed E-state index contributed by atoms with van der Waals surface area (Å²) in [6.07, 6.45) is 1.04. The lowest BCUT2D eigenvalue weighted by Crippen LogP contribution is -2.34. The summed E-state index contributed by atoms with van der Waals surface area (Å²) >= 11 is 20.0. The summed E-state index contributed by atoms with van der Waals surface area (Å²) < 4.78 is 24.3. The first-order chi connectivity index (χ1) is 30.9. The Morgan fingerprint density at radius 1 is 0.781 bits per heavy atom. The molecule has 2 aliphatic heterocycles. The summed E-state index contributed by atoms with van der Waals surface area (Å²) in [5, 5.41) is 26.3. The normalized spacial score (nSPS) is 15.6. The minimum Gasteiger partial charge on any atom is -0.379 e. The molecule has 0 saturated heterocycles. The topological polar surface area (TPSA) is 183 Å². The Morgan fingerprint density at radius 2 is 1.45 bits per heavy atom. The number of hydrazone groups is 1. The van der Waals surface area contributed by atoms with Gasteiger partial charge in [-0.1, -0.05) is 53.9 Å². The number of amidine groups is 1. The van der Waals surface area contributed by atoms with Crippen molar-refractivity contribution in [3.8, 4) is 5.00 Å². The number of benzene rings is 2. The molecular formula is C44H54Cl3N9O7S. The third kappa shape index (κ3) is 13.5. The standard InChI is InChI=1S/C44H54Cl3N9O7S/c1-27-26-55(33-11-12-34(46)35(47)24-33)54-42(27)51-38(58)6-5-14-48-37(57)13-16-60-18-20-62-22-23-63-21-19-61-17-15-49-39(59)25-36-43-53-52-30(4)56(43)44-40(28(2)29(3)64-44)41(50-36)31-7-9-32(45)10-8-31/h7-12,24,27,36H,5-6,13-23,25-26H2,1-4H3,(H,48,57)(H,49,59)(H,51,54,58)/t27?,36-/m0/s1. The number of rotatable bonds is 23. The molecule has 6 rings (SSSR count). The number of hydrogen-bond donors (Lipinski definition) is 3. The summed E-state index contributed by atoms with van der Waals surface area (Å²) in [5.74, 6) is 1.49. The molecule has 2 aromatic heterocycles. The predicted molar refractivity (Wildman–Crippen MR) is 250 cm³/mol. The SMILES string of the molecule is Cc1sc2c(c1C)C(c1ccc(Cl)cc1)=N[C@@H](CC(=O)NCCOCCOCCOCCOCCC(=O)NCCCC(=O)NC1=NN(c3ccc(Cl)c(Cl)c3)CC1C)c1nnc(C)n1-2. The number of ether oxygens (including phenoxy) is 4. The Labute approximate surface area is 392 Å². The predicted octanol–water partition coefficient (Wildman–Crippen LogP) is 6.55. The molecule has 4 aromatic rings. The Morgan fingerprint density at radius 3 is 2.16 bits per heavy atom. The van der Waals surface area contributed by atoms with Crippen molar-refractivity contribution >= 4 is 81.1 Å². The first kappa shape index (κ1) is 49.0. The van der Waals surface area contributed by atoms with Crippen molar-refractivity contribution in [3.63, 3.8) is 0 Å². The number of anilines is 1. The van der Waals surface area contributed by atoms with Gasteiger partial charge in [-0.3, -0.25) is 29.0 Å². The fraction of sp³-hybridized carbons (Fsp3) is 0.477. The van der Waals surface area contributed by atoms with Crippen molar-refractivity contribution < 1.29 is 33.3 Å². The zero-order valence-corrected chi connectivity index (χ0v) is 39.5. The second-order valence-corrected chi connectivity index (χ2v) is 17.7. The Bertz CT molecular complexity index is 2300. The fourth-order valence-corrected chi connectivity index (χ4v) is 8.54. The Hall–Kier alpha value is -4.46. The van der Waals surface area contributed by atoms with E-state index in [0.29, 0.717) is 99.0 Å². The van der Waals surface area contributed by atoms with Crippen LogP contribution < -0.4 is 21.0 Å². The molecule has 0 spiro atoms. The van der Waals surface area contributed by atoms with E-state index in [9.17, 15) is 14.4 Å². The molecule has 64 heavy (non-hydrogen) atoms. The van der Waals surface area contributed by atoms with Crippen molar-refractivity contribution in [2.45, 2.75) is 59.4 Å². The van der Waals surface area contributed by atoms with Crippen LogP contribution in [0.1, 0.15) is 71.9 Å². The molecule has 0 fully saturated rings. The number of thiophene rings is 1. The minimum atomic E-state index is -0.550. The van der Waals surface area contributed by atoms with Crippen LogP contribution in [0.25, 0.3) is 5.00 Å². The molecule has 16 nitrogen and oxygen atoms in total. The Balaban J connectivity index is 0.761. The first-order valence-corrected chi connectivity index (χ1v) is 23.2. The number of carbonyl (C=O) groups excluding carboxylic acids is 3. The highest BCUT2D eigenvalue weighted by atomic mass is 35.5. The molecule has 2 aromatic carbocycles. The summed E-state index contributed by atoms with van der Waals surface area (Å²) in [6.45, 7) is 12.2. The maximum atomic E-state index is 13.2. The molecule has 0 radical (unpaired) electrons. The lowest BCUT2D eigenvalue weighted by atomic mass is 9.99. The maximum Gasteiger partial charge on any atom is 0.225 e. The van der Waals surface area contributed by atoms with Gasteiger partial charge in [0.1, 0.15) is 22.7 Å². The van der Waals surface area contributed by atoms with Crippen LogP contribution in [0.4, 0.5) is 5.69 Å². The molecular weight excluding hydrogens is 905 g/mol. The van der Waals surface area contributed by atoms with Gasteiger partial charge in [0.2, 0.25) is 17.7 Å². The van der Waals surface area contributed by atoms with Crippen LogP contribution in [0.3, 0.4) is 0 Å². The van der Waals surface area contributed by atoms with Gasteiger partial charge in [-0.2, -0.15) is 5.10 Å². The summed E-state index contributed by atoms with van der Waals surface area (Å²) in [5.41, 5.74) is 4.64. The number of nitrogens with zero attached hydrogens (tertiary/aromatic N) is 6. The molecule has 3 amide bonds. The monoisotopic (exact) mass is 957 g/mol. The molecule has 2 atom stereocenters. The number of carbonyl (C=O) groups is 3.